The molecule has 1 aromatic heterocycles. The van der Waals surface area contributed by atoms with Gasteiger partial charge >= 0.3 is 0 Å². The van der Waals surface area contributed by atoms with Crippen LogP contribution in [0.1, 0.15) is 5.01 Å². The van der Waals surface area contributed by atoms with Crippen LogP contribution in [0.15, 0.2) is 17.0 Å². The Hall–Kier alpha value is -0.720. The predicted octanol–water partition coefficient (Wildman–Crippen LogP) is 1.00. The van der Waals surface area contributed by atoms with Gasteiger partial charge in [-0.05, 0) is 6.08 Å². The van der Waals surface area contributed by atoms with Gasteiger partial charge < -0.3 is 0 Å². The van der Waals surface area contributed by atoms with Gasteiger partial charge in [0.25, 0.3) is 10.1 Å². The van der Waals surface area contributed by atoms with E-state index in [4.69, 9.17) is 4.55 Å². The van der Waals surface area contributed by atoms with Gasteiger partial charge in [-0.2, -0.15) is 8.42 Å². The average molecular weight is 191 g/mol. The number of hydrogen-bond acceptors (Lipinski definition) is 4. The van der Waals surface area contributed by atoms with Gasteiger partial charge in [0.05, 0.1) is 5.41 Å². The fraction of sp³-hybridized carbons (Fsp3) is 0. The highest BCUT2D eigenvalue weighted by atomic mass is 32.2. The smallest absolute Gasteiger partial charge is 0.282 e. The lowest BCUT2D eigenvalue weighted by Crippen LogP contribution is -1.88. The highest BCUT2D eigenvalue weighted by Crippen LogP contribution is 2.06. The van der Waals surface area contributed by atoms with Gasteiger partial charge in [0.1, 0.15) is 5.01 Å². The van der Waals surface area contributed by atoms with Crippen LogP contribution in [0.5, 0.6) is 0 Å². The zero-order valence-corrected chi connectivity index (χ0v) is 6.97. The summed E-state index contributed by atoms with van der Waals surface area (Å²) in [7, 11) is -4.01. The molecule has 11 heavy (non-hydrogen) atoms. The lowest BCUT2D eigenvalue weighted by molar-refractivity contribution is 0.494. The summed E-state index contributed by atoms with van der Waals surface area (Å²) in [6.45, 7) is 0. The minimum Gasteiger partial charge on any atom is -0.282 e. The molecule has 0 spiro atoms. The summed E-state index contributed by atoms with van der Waals surface area (Å²) >= 11 is 1.29. The van der Waals surface area contributed by atoms with Gasteiger partial charge in [0, 0.05) is 11.6 Å². The summed E-state index contributed by atoms with van der Waals surface area (Å²) in [5.41, 5.74) is 0. The number of thiazole rings is 1. The Morgan fingerprint density at radius 2 is 2.36 bits per heavy atom. The molecule has 0 saturated carbocycles. The largest absolute Gasteiger partial charge is 0.287 e. The van der Waals surface area contributed by atoms with Crippen LogP contribution in [0, 0.1) is 0 Å². The van der Waals surface area contributed by atoms with E-state index in [1.165, 1.54) is 17.4 Å². The standard InChI is InChI=1S/C5H5NO3S2/c7-11(8,9)4-1-5-6-2-3-10-5/h1-4H,(H,7,8,9). The summed E-state index contributed by atoms with van der Waals surface area (Å²) < 4.78 is 28.6. The van der Waals surface area contributed by atoms with Gasteiger partial charge in [-0.25, -0.2) is 4.98 Å². The summed E-state index contributed by atoms with van der Waals surface area (Å²) in [5.74, 6) is 0. The van der Waals surface area contributed by atoms with Crippen LogP contribution in [0.25, 0.3) is 6.08 Å². The Morgan fingerprint density at radius 1 is 1.64 bits per heavy atom. The predicted molar refractivity (Wildman–Crippen MR) is 42.7 cm³/mol. The van der Waals surface area contributed by atoms with E-state index in [9.17, 15) is 8.42 Å². The SMILES string of the molecule is O=S(=O)(O)C=Cc1nccs1. The van der Waals surface area contributed by atoms with Crippen molar-refractivity contribution in [1.82, 2.24) is 4.98 Å². The zero-order chi connectivity index (χ0) is 8.32. The van der Waals surface area contributed by atoms with Crippen molar-refractivity contribution in [3.05, 3.63) is 22.0 Å². The van der Waals surface area contributed by atoms with Gasteiger partial charge in [-0.15, -0.1) is 11.3 Å². The Bertz CT molecular complexity index is 338. The third kappa shape index (κ3) is 3.26. The molecule has 0 aliphatic rings. The molecule has 0 aliphatic carbocycles. The second-order valence-electron chi connectivity index (χ2n) is 1.69. The van der Waals surface area contributed by atoms with Crippen molar-refractivity contribution >= 4 is 27.5 Å². The van der Waals surface area contributed by atoms with Crippen molar-refractivity contribution in [2.45, 2.75) is 0 Å². The molecule has 0 radical (unpaired) electrons. The molecule has 1 rings (SSSR count). The molecule has 0 unspecified atom stereocenters. The minimum atomic E-state index is -4.01. The van der Waals surface area contributed by atoms with Crippen molar-refractivity contribution in [1.29, 1.82) is 0 Å². The van der Waals surface area contributed by atoms with Crippen molar-refractivity contribution in [2.24, 2.45) is 0 Å². The van der Waals surface area contributed by atoms with Gasteiger partial charge in [-0.1, -0.05) is 0 Å². The van der Waals surface area contributed by atoms with Crippen LogP contribution >= 0.6 is 11.3 Å². The van der Waals surface area contributed by atoms with Crippen LogP contribution in [-0.4, -0.2) is 18.0 Å². The molecule has 0 amide bonds. The second-order valence-corrected chi connectivity index (χ2v) is 3.92. The van der Waals surface area contributed by atoms with Crippen molar-refractivity contribution in [2.75, 3.05) is 0 Å². The van der Waals surface area contributed by atoms with Crippen LogP contribution in [0.2, 0.25) is 0 Å². The fourth-order valence-corrected chi connectivity index (χ4v) is 1.38. The number of nitrogens with zero attached hydrogens (tertiary/aromatic N) is 1. The van der Waals surface area contributed by atoms with Crippen molar-refractivity contribution in [3.8, 4) is 0 Å². The summed E-state index contributed by atoms with van der Waals surface area (Å²) in [6.07, 6.45) is 2.79. The Labute approximate surface area is 68.0 Å². The summed E-state index contributed by atoms with van der Waals surface area (Å²) in [6, 6.07) is 0. The Kier molecular flexibility index (Phi) is 2.38. The highest BCUT2D eigenvalue weighted by molar-refractivity contribution is 7.88. The number of hydrogen-bond donors (Lipinski definition) is 1. The molecule has 0 bridgehead atoms. The van der Waals surface area contributed by atoms with E-state index < -0.39 is 10.1 Å². The summed E-state index contributed by atoms with van der Waals surface area (Å²) in [4.78, 5) is 3.78. The average Bonchev–Trinajstić information content (AvgIpc) is 2.32. The fourth-order valence-electron chi connectivity index (χ4n) is 0.461. The molecule has 1 aromatic rings. The molecule has 1 heterocycles. The van der Waals surface area contributed by atoms with E-state index in [1.807, 2.05) is 0 Å². The lowest BCUT2D eigenvalue weighted by Gasteiger charge is -1.81. The molecule has 0 saturated heterocycles. The van der Waals surface area contributed by atoms with Gasteiger partial charge in [0.2, 0.25) is 0 Å². The van der Waals surface area contributed by atoms with E-state index in [2.05, 4.69) is 4.98 Å². The Morgan fingerprint density at radius 3 is 2.82 bits per heavy atom. The molecule has 6 heteroatoms. The Balaban J connectivity index is 2.79. The van der Waals surface area contributed by atoms with Crippen LogP contribution < -0.4 is 0 Å². The molecule has 0 aliphatic heterocycles. The monoisotopic (exact) mass is 191 g/mol. The zero-order valence-electron chi connectivity index (χ0n) is 5.34. The van der Waals surface area contributed by atoms with Crippen LogP contribution in [0.3, 0.4) is 0 Å². The quantitative estimate of drug-likeness (QED) is 0.708. The molecule has 0 atom stereocenters. The van der Waals surface area contributed by atoms with E-state index in [0.29, 0.717) is 10.4 Å². The molecule has 0 aromatic carbocycles. The first-order chi connectivity index (χ1) is 5.08. The van der Waals surface area contributed by atoms with Crippen LogP contribution in [0.4, 0.5) is 0 Å². The van der Waals surface area contributed by atoms with Gasteiger partial charge in [-0.3, -0.25) is 4.55 Å². The topological polar surface area (TPSA) is 67.3 Å². The first-order valence-corrected chi connectivity index (χ1v) is 5.01. The van der Waals surface area contributed by atoms with Crippen molar-refractivity contribution in [3.63, 3.8) is 0 Å². The maximum atomic E-state index is 10.2. The van der Waals surface area contributed by atoms with Crippen molar-refractivity contribution < 1.29 is 13.0 Å². The molecule has 0 fully saturated rings. The molecule has 4 nitrogen and oxygen atoms in total. The normalized spacial score (nSPS) is 12.5. The molecule has 60 valence electrons. The molecular formula is C5H5NO3S2. The maximum Gasteiger partial charge on any atom is 0.287 e. The lowest BCUT2D eigenvalue weighted by atomic mass is 10.7. The van der Waals surface area contributed by atoms with E-state index in [-0.39, 0.29) is 0 Å². The highest BCUT2D eigenvalue weighted by Gasteiger charge is 1.95. The first kappa shape index (κ1) is 8.38. The number of aromatic nitrogens is 1. The third-order valence-electron chi connectivity index (χ3n) is 0.834. The van der Waals surface area contributed by atoms with E-state index >= 15 is 0 Å². The summed E-state index contributed by atoms with van der Waals surface area (Å²) in [5, 5.41) is 2.96. The third-order valence-corrected chi connectivity index (χ3v) is 2.05. The minimum absolute atomic E-state index is 0.544. The van der Waals surface area contributed by atoms with E-state index in [1.54, 1.807) is 11.6 Å². The molecule has 1 N–H and O–H groups in total. The second kappa shape index (κ2) is 3.12. The van der Waals surface area contributed by atoms with Crippen LogP contribution in [-0.2, 0) is 10.1 Å². The van der Waals surface area contributed by atoms with Gasteiger partial charge in [0.15, 0.2) is 0 Å². The first-order valence-electron chi connectivity index (χ1n) is 2.63. The number of rotatable bonds is 2. The van der Waals surface area contributed by atoms with E-state index in [0.717, 1.165) is 0 Å². The maximum absolute atomic E-state index is 10.2. The molecular weight excluding hydrogens is 186 g/mol.